The van der Waals surface area contributed by atoms with Gasteiger partial charge in [-0.3, -0.25) is 14.7 Å². The van der Waals surface area contributed by atoms with Crippen molar-refractivity contribution in [1.82, 2.24) is 25.2 Å². The van der Waals surface area contributed by atoms with Gasteiger partial charge in [0.1, 0.15) is 11.6 Å². The molecule has 3 N–H and O–H groups in total. The first-order valence-electron chi connectivity index (χ1n) is 7.93. The Balaban J connectivity index is 1.64. The van der Waals surface area contributed by atoms with Gasteiger partial charge in [0, 0.05) is 32.0 Å². The van der Waals surface area contributed by atoms with E-state index in [1.165, 1.54) is 7.11 Å². The van der Waals surface area contributed by atoms with Crippen molar-refractivity contribution in [3.05, 3.63) is 23.5 Å². The van der Waals surface area contributed by atoms with Crippen LogP contribution < -0.4 is 10.5 Å². The lowest BCUT2D eigenvalue weighted by atomic mass is 9.95. The van der Waals surface area contributed by atoms with Crippen molar-refractivity contribution < 1.29 is 18.8 Å². The summed E-state index contributed by atoms with van der Waals surface area (Å²) in [7, 11) is 1.49. The lowest BCUT2D eigenvalue weighted by Crippen LogP contribution is -2.32. The number of aromatic nitrogens is 4. The van der Waals surface area contributed by atoms with Crippen LogP contribution in [0.3, 0.4) is 0 Å². The van der Waals surface area contributed by atoms with Crippen LogP contribution in [0.1, 0.15) is 29.7 Å². The summed E-state index contributed by atoms with van der Waals surface area (Å²) in [5.74, 6) is 0.772. The predicted molar refractivity (Wildman–Crippen MR) is 84.5 cm³/mol. The second kappa shape index (κ2) is 6.91. The molecule has 3 rings (SSSR count). The molecule has 0 radical (unpaired) electrons. The third-order valence-electron chi connectivity index (χ3n) is 4.32. The normalized spacial score (nSPS) is 20.0. The van der Waals surface area contributed by atoms with Crippen molar-refractivity contribution >= 4 is 11.8 Å². The van der Waals surface area contributed by atoms with Crippen LogP contribution in [0.4, 0.5) is 0 Å². The summed E-state index contributed by atoms with van der Waals surface area (Å²) in [5, 5.41) is 10.6. The summed E-state index contributed by atoms with van der Waals surface area (Å²) in [5.41, 5.74) is 5.50. The number of methoxy groups -OCH3 is 1. The Labute approximate surface area is 143 Å². The van der Waals surface area contributed by atoms with Crippen LogP contribution in [0.15, 0.2) is 10.6 Å². The largest absolute Gasteiger partial charge is 0.479 e. The SMILES string of the molecule is COc1cc(CCC(=O)N2C[C@@H](C(N)=O)[C@H](c3n[nH]c(C)n3)C2)on1. The third-order valence-corrected chi connectivity index (χ3v) is 4.32. The van der Waals surface area contributed by atoms with Crippen LogP contribution in [0, 0.1) is 12.8 Å². The number of aromatic amines is 1. The van der Waals surface area contributed by atoms with Gasteiger partial charge >= 0.3 is 0 Å². The maximum absolute atomic E-state index is 12.5. The fourth-order valence-electron chi connectivity index (χ4n) is 2.98. The van der Waals surface area contributed by atoms with E-state index in [1.54, 1.807) is 17.9 Å². The molecule has 1 saturated heterocycles. The first kappa shape index (κ1) is 16.9. The average molecular weight is 348 g/mol. The van der Waals surface area contributed by atoms with Gasteiger partial charge in [-0.05, 0) is 12.1 Å². The van der Waals surface area contributed by atoms with Crippen molar-refractivity contribution in [3.63, 3.8) is 0 Å². The molecular formula is C15H20N6O4. The zero-order valence-corrected chi connectivity index (χ0v) is 14.1. The van der Waals surface area contributed by atoms with E-state index in [-0.39, 0.29) is 24.8 Å². The molecule has 10 heteroatoms. The molecule has 1 aliphatic heterocycles. The fourth-order valence-corrected chi connectivity index (χ4v) is 2.98. The van der Waals surface area contributed by atoms with E-state index in [4.69, 9.17) is 15.0 Å². The van der Waals surface area contributed by atoms with Gasteiger partial charge in [-0.25, -0.2) is 4.98 Å². The molecule has 0 aromatic carbocycles. The number of primary amides is 1. The van der Waals surface area contributed by atoms with Gasteiger partial charge in [-0.2, -0.15) is 5.10 Å². The van der Waals surface area contributed by atoms with E-state index in [9.17, 15) is 9.59 Å². The Morgan fingerprint density at radius 1 is 1.48 bits per heavy atom. The summed E-state index contributed by atoms with van der Waals surface area (Å²) in [6.45, 7) is 2.41. The predicted octanol–water partition coefficient (Wildman–Crippen LogP) is -0.230. The van der Waals surface area contributed by atoms with Gasteiger partial charge in [0.15, 0.2) is 5.82 Å². The summed E-state index contributed by atoms with van der Waals surface area (Å²) in [6.07, 6.45) is 0.640. The van der Waals surface area contributed by atoms with Crippen LogP contribution in [0.5, 0.6) is 5.88 Å². The highest BCUT2D eigenvalue weighted by Crippen LogP contribution is 2.31. The van der Waals surface area contributed by atoms with Crippen molar-refractivity contribution in [2.45, 2.75) is 25.7 Å². The molecular weight excluding hydrogens is 328 g/mol. The van der Waals surface area contributed by atoms with E-state index in [2.05, 4.69) is 20.3 Å². The zero-order valence-electron chi connectivity index (χ0n) is 14.1. The number of nitrogens with zero attached hydrogens (tertiary/aromatic N) is 4. The lowest BCUT2D eigenvalue weighted by molar-refractivity contribution is -0.130. The lowest BCUT2D eigenvalue weighted by Gasteiger charge is -2.15. The number of aryl methyl sites for hydroxylation is 2. The number of ether oxygens (including phenoxy) is 1. The maximum atomic E-state index is 12.5. The summed E-state index contributed by atoms with van der Waals surface area (Å²) >= 11 is 0. The number of H-pyrrole nitrogens is 1. The summed E-state index contributed by atoms with van der Waals surface area (Å²) in [6, 6.07) is 1.64. The summed E-state index contributed by atoms with van der Waals surface area (Å²) < 4.78 is 10.0. The molecule has 10 nitrogen and oxygen atoms in total. The monoisotopic (exact) mass is 348 g/mol. The number of nitrogens with two attached hydrogens (primary N) is 1. The molecule has 0 saturated carbocycles. The molecule has 1 aliphatic rings. The molecule has 3 heterocycles. The molecule has 2 atom stereocenters. The molecule has 2 aromatic rings. The second-order valence-corrected chi connectivity index (χ2v) is 6.03. The molecule has 0 bridgehead atoms. The number of rotatable bonds is 6. The van der Waals surface area contributed by atoms with Crippen LogP contribution in [-0.2, 0) is 16.0 Å². The molecule has 0 spiro atoms. The number of carbonyl (C=O) groups is 2. The number of nitrogens with one attached hydrogen (secondary N) is 1. The van der Waals surface area contributed by atoms with Crippen LogP contribution in [-0.4, -0.2) is 57.3 Å². The van der Waals surface area contributed by atoms with E-state index in [0.29, 0.717) is 36.3 Å². The molecule has 25 heavy (non-hydrogen) atoms. The smallest absolute Gasteiger partial charge is 0.254 e. The van der Waals surface area contributed by atoms with Crippen molar-refractivity contribution in [1.29, 1.82) is 0 Å². The van der Waals surface area contributed by atoms with Gasteiger partial charge in [0.25, 0.3) is 5.88 Å². The topological polar surface area (TPSA) is 140 Å². The first-order chi connectivity index (χ1) is 12.0. The van der Waals surface area contributed by atoms with Crippen LogP contribution >= 0.6 is 0 Å². The highest BCUT2D eigenvalue weighted by atomic mass is 16.5. The molecule has 2 aromatic heterocycles. The third kappa shape index (κ3) is 3.62. The van der Waals surface area contributed by atoms with E-state index < -0.39 is 11.8 Å². The number of carbonyl (C=O) groups excluding carboxylic acids is 2. The Bertz CT molecular complexity index is 770. The zero-order chi connectivity index (χ0) is 18.0. The standard InChI is InChI=1S/C15H20N6O4/c1-8-17-15(19-18-8)11-7-21(6-10(11)14(16)23)13(22)4-3-9-5-12(24-2)20-25-9/h5,10-11H,3-4,6-7H2,1-2H3,(H2,16,23)(H,17,18,19)/t10-,11-/m1/s1. The number of amides is 2. The first-order valence-corrected chi connectivity index (χ1v) is 7.93. The van der Waals surface area contributed by atoms with Crippen LogP contribution in [0.25, 0.3) is 0 Å². The van der Waals surface area contributed by atoms with Gasteiger partial charge in [-0.1, -0.05) is 0 Å². The number of hydrogen-bond donors (Lipinski definition) is 2. The Morgan fingerprint density at radius 2 is 2.28 bits per heavy atom. The minimum atomic E-state index is -0.496. The number of likely N-dealkylation sites (tertiary alicyclic amines) is 1. The van der Waals surface area contributed by atoms with Crippen LogP contribution in [0.2, 0.25) is 0 Å². The van der Waals surface area contributed by atoms with E-state index >= 15 is 0 Å². The quantitative estimate of drug-likeness (QED) is 0.734. The molecule has 134 valence electrons. The Hall–Kier alpha value is -2.91. The highest BCUT2D eigenvalue weighted by molar-refractivity contribution is 5.82. The fraction of sp³-hybridized carbons (Fsp3) is 0.533. The molecule has 2 amide bonds. The van der Waals surface area contributed by atoms with Gasteiger partial charge in [0.05, 0.1) is 18.9 Å². The van der Waals surface area contributed by atoms with Gasteiger partial charge in [-0.15, -0.1) is 0 Å². The van der Waals surface area contributed by atoms with Crippen molar-refractivity contribution in [3.8, 4) is 5.88 Å². The Morgan fingerprint density at radius 3 is 2.88 bits per heavy atom. The summed E-state index contributed by atoms with van der Waals surface area (Å²) in [4.78, 5) is 30.1. The average Bonchev–Trinajstić information content (AvgIpc) is 3.31. The molecule has 0 aliphatic carbocycles. The highest BCUT2D eigenvalue weighted by Gasteiger charge is 2.41. The van der Waals surface area contributed by atoms with Gasteiger partial charge < -0.3 is 19.9 Å². The van der Waals surface area contributed by atoms with Crippen molar-refractivity contribution in [2.24, 2.45) is 11.7 Å². The minimum Gasteiger partial charge on any atom is -0.479 e. The van der Waals surface area contributed by atoms with Gasteiger partial charge in [0.2, 0.25) is 11.8 Å². The van der Waals surface area contributed by atoms with E-state index in [1.807, 2.05) is 0 Å². The molecule has 1 fully saturated rings. The Kier molecular flexibility index (Phi) is 4.68. The van der Waals surface area contributed by atoms with E-state index in [0.717, 1.165) is 0 Å². The number of hydrogen-bond acceptors (Lipinski definition) is 7. The molecule has 0 unspecified atom stereocenters. The second-order valence-electron chi connectivity index (χ2n) is 6.03. The minimum absolute atomic E-state index is 0.0867. The maximum Gasteiger partial charge on any atom is 0.254 e. The van der Waals surface area contributed by atoms with Crippen molar-refractivity contribution in [2.75, 3.05) is 20.2 Å².